The first-order valence-electron chi connectivity index (χ1n) is 9.39. The van der Waals surface area contributed by atoms with Gasteiger partial charge in [-0.3, -0.25) is 4.79 Å². The van der Waals surface area contributed by atoms with Gasteiger partial charge in [0.15, 0.2) is 5.54 Å². The molecule has 0 heterocycles. The highest BCUT2D eigenvalue weighted by Crippen LogP contribution is 2.31. The van der Waals surface area contributed by atoms with Crippen LogP contribution in [-0.2, 0) is 32.7 Å². The van der Waals surface area contributed by atoms with Crippen molar-refractivity contribution in [2.24, 2.45) is 0 Å². The molecule has 0 bridgehead atoms. The zero-order valence-corrected chi connectivity index (χ0v) is 18.5. The predicted octanol–water partition coefficient (Wildman–Crippen LogP) is 2.00. The summed E-state index contributed by atoms with van der Waals surface area (Å²) in [7, 11) is -0.292. The molecule has 1 N–H and O–H groups in total. The topological polar surface area (TPSA) is 100 Å². The van der Waals surface area contributed by atoms with Gasteiger partial charge < -0.3 is 23.6 Å². The zero-order valence-electron chi connectivity index (χ0n) is 17.5. The van der Waals surface area contributed by atoms with E-state index in [1.807, 2.05) is 27.3 Å². The van der Waals surface area contributed by atoms with Crippen molar-refractivity contribution in [1.29, 1.82) is 0 Å². The highest BCUT2D eigenvalue weighted by atomic mass is 28.4. The van der Waals surface area contributed by atoms with Gasteiger partial charge in [-0.25, -0.2) is 9.59 Å². The molecule has 1 rings (SSSR count). The highest BCUT2D eigenvalue weighted by molar-refractivity contribution is 6.71. The van der Waals surface area contributed by atoms with E-state index in [4.69, 9.17) is 18.3 Å². The lowest BCUT2D eigenvalue weighted by Crippen LogP contribution is -2.58. The Labute approximate surface area is 167 Å². The summed E-state index contributed by atoms with van der Waals surface area (Å²) >= 11 is 0. The largest absolute Gasteiger partial charge is 0.467 e. The van der Waals surface area contributed by atoms with Gasteiger partial charge in [0.25, 0.3) is 0 Å². The summed E-state index contributed by atoms with van der Waals surface area (Å²) in [5.41, 5.74) is -1.61. The van der Waals surface area contributed by atoms with Crippen molar-refractivity contribution >= 4 is 26.4 Å². The van der Waals surface area contributed by atoms with E-state index in [-0.39, 0.29) is 12.3 Å². The molecule has 0 aromatic carbocycles. The van der Waals surface area contributed by atoms with Gasteiger partial charge in [-0.05, 0) is 39.0 Å². The lowest BCUT2D eigenvalue weighted by atomic mass is 9.88. The van der Waals surface area contributed by atoms with Crippen LogP contribution in [0.4, 0.5) is 0 Å². The van der Waals surface area contributed by atoms with E-state index in [9.17, 15) is 14.4 Å². The number of nitrogens with one attached hydrogen (secondary N) is 1. The van der Waals surface area contributed by atoms with E-state index >= 15 is 0 Å². The molecular weight excluding hydrogens is 382 g/mol. The molecule has 0 radical (unpaired) electrons. The maximum atomic E-state index is 13.1. The molecule has 0 spiro atoms. The molecule has 2 atom stereocenters. The minimum absolute atomic E-state index is 0.0737. The van der Waals surface area contributed by atoms with Crippen molar-refractivity contribution in [1.82, 2.24) is 5.32 Å². The summed E-state index contributed by atoms with van der Waals surface area (Å²) in [6.45, 7) is 8.30. The van der Waals surface area contributed by atoms with Crippen LogP contribution in [0.15, 0.2) is 23.8 Å². The number of amides is 1. The average molecular weight is 414 g/mol. The van der Waals surface area contributed by atoms with E-state index in [2.05, 4.69) is 5.32 Å². The van der Waals surface area contributed by atoms with Gasteiger partial charge in [-0.15, -0.1) is 0 Å². The van der Waals surface area contributed by atoms with Crippen molar-refractivity contribution in [3.8, 4) is 0 Å². The molecule has 9 heteroatoms. The van der Waals surface area contributed by atoms with Crippen LogP contribution in [0.5, 0.6) is 0 Å². The van der Waals surface area contributed by atoms with Gasteiger partial charge in [0.1, 0.15) is 0 Å². The number of carbonyl (C=O) groups excluding carboxylic acids is 3. The second-order valence-electron chi connectivity index (χ2n) is 6.48. The van der Waals surface area contributed by atoms with Gasteiger partial charge >= 0.3 is 20.5 Å². The minimum atomic E-state index is -2.82. The third kappa shape index (κ3) is 5.30. The Morgan fingerprint density at radius 1 is 1.14 bits per heavy atom. The maximum absolute atomic E-state index is 13.1. The molecule has 8 nitrogen and oxygen atoms in total. The lowest BCUT2D eigenvalue weighted by molar-refractivity contribution is -0.148. The van der Waals surface area contributed by atoms with Crippen LogP contribution in [0.3, 0.4) is 0 Å². The van der Waals surface area contributed by atoms with Gasteiger partial charge in [0, 0.05) is 19.6 Å². The van der Waals surface area contributed by atoms with Gasteiger partial charge in [0.2, 0.25) is 5.91 Å². The molecule has 0 aromatic rings. The summed E-state index contributed by atoms with van der Waals surface area (Å²) in [5, 5.41) is 2.81. The second kappa shape index (κ2) is 10.5. The fourth-order valence-electron chi connectivity index (χ4n) is 3.30. The molecule has 158 valence electrons. The minimum Gasteiger partial charge on any atom is -0.467 e. The monoisotopic (exact) mass is 413 g/mol. The van der Waals surface area contributed by atoms with Crippen molar-refractivity contribution in [3.05, 3.63) is 23.8 Å². The van der Waals surface area contributed by atoms with Crippen molar-refractivity contribution in [2.75, 3.05) is 27.4 Å². The van der Waals surface area contributed by atoms with Crippen molar-refractivity contribution in [3.63, 3.8) is 0 Å². The first kappa shape index (κ1) is 24.1. The normalized spacial score (nSPS) is 20.1. The number of ether oxygens (including phenoxy) is 2. The van der Waals surface area contributed by atoms with Crippen LogP contribution < -0.4 is 5.32 Å². The SMILES string of the molecule is CCO[Si](C)(OCC)C(CC)C(=O)NC1(C(=O)OC)C=CC(C(=O)OC)=CC1. The van der Waals surface area contributed by atoms with Crippen LogP contribution in [-0.4, -0.2) is 59.4 Å². The van der Waals surface area contributed by atoms with Crippen molar-refractivity contribution < 1.29 is 32.7 Å². The Morgan fingerprint density at radius 3 is 2.14 bits per heavy atom. The molecule has 0 aromatic heterocycles. The third-order valence-electron chi connectivity index (χ3n) is 4.73. The maximum Gasteiger partial charge on any atom is 0.347 e. The standard InChI is InChI=1S/C19H31NO7Si/c1-7-15(28(6,26-8-2)27-9-3)16(21)20-19(18(23)25-5)12-10-14(11-13-19)17(22)24-4/h10-12,15H,7-9,13H2,1-6H3,(H,20,21). The van der Waals surface area contributed by atoms with E-state index in [0.29, 0.717) is 25.2 Å². The molecule has 1 aliphatic carbocycles. The van der Waals surface area contributed by atoms with Crippen LogP contribution >= 0.6 is 0 Å². The van der Waals surface area contributed by atoms with Gasteiger partial charge in [-0.1, -0.05) is 13.0 Å². The molecular formula is C19H31NO7Si. The Hall–Kier alpha value is -1.97. The number of hydrogen-bond acceptors (Lipinski definition) is 7. The number of carbonyl (C=O) groups is 3. The molecule has 28 heavy (non-hydrogen) atoms. The molecule has 0 saturated heterocycles. The first-order chi connectivity index (χ1) is 13.2. The number of esters is 2. The Kier molecular flexibility index (Phi) is 9.06. The number of rotatable bonds is 10. The quantitative estimate of drug-likeness (QED) is 0.432. The van der Waals surface area contributed by atoms with E-state index in [1.54, 1.807) is 6.08 Å². The summed E-state index contributed by atoms with van der Waals surface area (Å²) in [6, 6.07) is 0. The second-order valence-corrected chi connectivity index (χ2v) is 9.79. The Bertz CT molecular complexity index is 640. The van der Waals surface area contributed by atoms with Crippen LogP contribution in [0.1, 0.15) is 33.6 Å². The Balaban J connectivity index is 3.15. The molecule has 2 unspecified atom stereocenters. The molecule has 1 aliphatic rings. The van der Waals surface area contributed by atoms with E-state index < -0.39 is 31.6 Å². The highest BCUT2D eigenvalue weighted by Gasteiger charge is 2.48. The van der Waals surface area contributed by atoms with Crippen LogP contribution in [0.2, 0.25) is 12.1 Å². The fourth-order valence-corrected chi connectivity index (χ4v) is 6.22. The molecule has 0 saturated carbocycles. The molecule has 1 amide bonds. The summed E-state index contributed by atoms with van der Waals surface area (Å²) in [4.78, 5) is 37.3. The van der Waals surface area contributed by atoms with E-state index in [1.165, 1.54) is 26.4 Å². The van der Waals surface area contributed by atoms with Gasteiger partial charge in [0.05, 0.1) is 25.3 Å². The fraction of sp³-hybridized carbons (Fsp3) is 0.632. The summed E-state index contributed by atoms with van der Waals surface area (Å²) < 4.78 is 21.3. The van der Waals surface area contributed by atoms with Crippen LogP contribution in [0, 0.1) is 0 Å². The predicted molar refractivity (Wildman–Crippen MR) is 106 cm³/mol. The Morgan fingerprint density at radius 2 is 1.75 bits per heavy atom. The third-order valence-corrected chi connectivity index (χ3v) is 8.39. The number of hydrogen-bond donors (Lipinski definition) is 1. The van der Waals surface area contributed by atoms with E-state index in [0.717, 1.165) is 0 Å². The lowest BCUT2D eigenvalue weighted by Gasteiger charge is -2.36. The smallest absolute Gasteiger partial charge is 0.347 e. The van der Waals surface area contributed by atoms with Crippen molar-refractivity contribution in [2.45, 2.75) is 51.2 Å². The van der Waals surface area contributed by atoms with Crippen LogP contribution in [0.25, 0.3) is 0 Å². The zero-order chi connectivity index (χ0) is 21.4. The molecule has 0 fully saturated rings. The van der Waals surface area contributed by atoms with Gasteiger partial charge in [-0.2, -0.15) is 0 Å². The molecule has 0 aliphatic heterocycles. The summed E-state index contributed by atoms with van der Waals surface area (Å²) in [5.74, 6) is -1.48. The average Bonchev–Trinajstić information content (AvgIpc) is 2.67. The summed E-state index contributed by atoms with van der Waals surface area (Å²) in [6.07, 6.45) is 5.04. The number of methoxy groups -OCH3 is 2. The first-order valence-corrected chi connectivity index (χ1v) is 11.8.